The molecule has 7 heteroatoms. The van der Waals surface area contributed by atoms with Gasteiger partial charge in [-0.3, -0.25) is 9.59 Å². The van der Waals surface area contributed by atoms with E-state index in [2.05, 4.69) is 25.9 Å². The number of nitrogens with one attached hydrogen (secondary N) is 1. The van der Waals surface area contributed by atoms with Gasteiger partial charge in [0.1, 0.15) is 4.47 Å². The lowest BCUT2D eigenvalue weighted by Crippen LogP contribution is -2.39. The molecule has 0 atom stereocenters. The zero-order valence-corrected chi connectivity index (χ0v) is 12.3. The molecule has 100 valence electrons. The SMILES string of the molecule is CCN(CC)C(=O)CN(C)c1nc[nH]c(=O)c1Br. The van der Waals surface area contributed by atoms with Gasteiger partial charge in [-0.15, -0.1) is 0 Å². The van der Waals surface area contributed by atoms with Crippen LogP contribution in [0.2, 0.25) is 0 Å². The summed E-state index contributed by atoms with van der Waals surface area (Å²) in [4.78, 5) is 33.3. The first-order valence-electron chi connectivity index (χ1n) is 5.73. The molecule has 1 amide bonds. The zero-order chi connectivity index (χ0) is 13.7. The van der Waals surface area contributed by atoms with Crippen LogP contribution in [-0.2, 0) is 4.79 Å². The Morgan fingerprint density at radius 2 is 2.06 bits per heavy atom. The van der Waals surface area contributed by atoms with Crippen molar-refractivity contribution in [2.24, 2.45) is 0 Å². The lowest BCUT2D eigenvalue weighted by atomic mass is 10.4. The average molecular weight is 317 g/mol. The van der Waals surface area contributed by atoms with Crippen LogP contribution in [0.15, 0.2) is 15.6 Å². The minimum absolute atomic E-state index is 0.0106. The maximum atomic E-state index is 11.9. The molecule has 18 heavy (non-hydrogen) atoms. The fourth-order valence-corrected chi connectivity index (χ4v) is 2.11. The van der Waals surface area contributed by atoms with Gasteiger partial charge in [-0.25, -0.2) is 4.98 Å². The smallest absolute Gasteiger partial charge is 0.267 e. The second-order valence-electron chi connectivity index (χ2n) is 3.79. The van der Waals surface area contributed by atoms with Gasteiger partial charge < -0.3 is 14.8 Å². The molecule has 0 radical (unpaired) electrons. The highest BCUT2D eigenvalue weighted by molar-refractivity contribution is 9.10. The number of aromatic amines is 1. The van der Waals surface area contributed by atoms with Crippen LogP contribution in [0, 0.1) is 0 Å². The highest BCUT2D eigenvalue weighted by Crippen LogP contribution is 2.17. The third kappa shape index (κ3) is 3.32. The van der Waals surface area contributed by atoms with Crippen molar-refractivity contribution < 1.29 is 4.79 Å². The number of hydrogen-bond donors (Lipinski definition) is 1. The molecule has 0 aliphatic carbocycles. The van der Waals surface area contributed by atoms with Crippen LogP contribution in [0.25, 0.3) is 0 Å². The molecule has 0 fully saturated rings. The molecular formula is C11H17BrN4O2. The molecule has 0 saturated carbocycles. The van der Waals surface area contributed by atoms with E-state index in [0.29, 0.717) is 23.4 Å². The lowest BCUT2D eigenvalue weighted by molar-refractivity contribution is -0.129. The average Bonchev–Trinajstić information content (AvgIpc) is 2.34. The number of amides is 1. The van der Waals surface area contributed by atoms with E-state index in [9.17, 15) is 9.59 Å². The van der Waals surface area contributed by atoms with Crippen LogP contribution < -0.4 is 10.5 Å². The summed E-state index contributed by atoms with van der Waals surface area (Å²) in [5.41, 5.74) is -0.262. The second-order valence-corrected chi connectivity index (χ2v) is 4.58. The van der Waals surface area contributed by atoms with E-state index in [0.717, 1.165) is 0 Å². The number of anilines is 1. The Morgan fingerprint density at radius 1 is 1.44 bits per heavy atom. The number of carbonyl (C=O) groups excluding carboxylic acids is 1. The van der Waals surface area contributed by atoms with E-state index in [4.69, 9.17) is 0 Å². The Hall–Kier alpha value is -1.37. The molecule has 0 aliphatic rings. The number of halogens is 1. The predicted octanol–water partition coefficient (Wildman–Crippen LogP) is 0.837. The van der Waals surface area contributed by atoms with Gasteiger partial charge in [0.25, 0.3) is 5.56 Å². The number of hydrogen-bond acceptors (Lipinski definition) is 4. The minimum atomic E-state index is -0.262. The van der Waals surface area contributed by atoms with E-state index in [1.165, 1.54) is 6.33 Å². The molecule has 0 saturated heterocycles. The summed E-state index contributed by atoms with van der Waals surface area (Å²) < 4.78 is 0.333. The van der Waals surface area contributed by atoms with Crippen molar-refractivity contribution in [1.82, 2.24) is 14.9 Å². The van der Waals surface area contributed by atoms with Crippen molar-refractivity contribution in [2.45, 2.75) is 13.8 Å². The topological polar surface area (TPSA) is 69.3 Å². The summed E-state index contributed by atoms with van der Waals surface area (Å²) in [7, 11) is 1.73. The monoisotopic (exact) mass is 316 g/mol. The Labute approximate surface area is 114 Å². The maximum Gasteiger partial charge on any atom is 0.267 e. The predicted molar refractivity (Wildman–Crippen MR) is 73.8 cm³/mol. The molecule has 0 unspecified atom stereocenters. The zero-order valence-electron chi connectivity index (χ0n) is 10.7. The first-order chi connectivity index (χ1) is 8.51. The number of likely N-dealkylation sites (N-methyl/N-ethyl adjacent to an activating group) is 2. The van der Waals surface area contributed by atoms with Gasteiger partial charge in [0.05, 0.1) is 12.9 Å². The lowest BCUT2D eigenvalue weighted by Gasteiger charge is -2.24. The number of carbonyl (C=O) groups is 1. The molecule has 1 aromatic heterocycles. The van der Waals surface area contributed by atoms with E-state index in [-0.39, 0.29) is 18.0 Å². The number of aromatic nitrogens is 2. The third-order valence-electron chi connectivity index (χ3n) is 2.63. The summed E-state index contributed by atoms with van der Waals surface area (Å²) in [5, 5.41) is 0. The minimum Gasteiger partial charge on any atom is -0.349 e. The molecule has 0 aliphatic heterocycles. The Morgan fingerprint density at radius 3 is 2.61 bits per heavy atom. The van der Waals surface area contributed by atoms with Gasteiger partial charge in [0.2, 0.25) is 5.91 Å². The van der Waals surface area contributed by atoms with Crippen LogP contribution in [0.1, 0.15) is 13.8 Å². The van der Waals surface area contributed by atoms with Crippen molar-refractivity contribution in [2.75, 3.05) is 31.6 Å². The van der Waals surface area contributed by atoms with E-state index in [1.54, 1.807) is 16.8 Å². The van der Waals surface area contributed by atoms with Gasteiger partial charge in [-0.1, -0.05) is 0 Å². The Kier molecular flexibility index (Phi) is 5.33. The number of nitrogens with zero attached hydrogens (tertiary/aromatic N) is 3. The largest absolute Gasteiger partial charge is 0.349 e. The molecular weight excluding hydrogens is 300 g/mol. The van der Waals surface area contributed by atoms with Crippen molar-refractivity contribution >= 4 is 27.7 Å². The van der Waals surface area contributed by atoms with Gasteiger partial charge in [-0.2, -0.15) is 0 Å². The van der Waals surface area contributed by atoms with Crippen LogP contribution in [-0.4, -0.2) is 47.5 Å². The second kappa shape index (κ2) is 6.53. The van der Waals surface area contributed by atoms with Gasteiger partial charge in [-0.05, 0) is 29.8 Å². The molecule has 0 spiro atoms. The summed E-state index contributed by atoms with van der Waals surface area (Å²) in [5.74, 6) is 0.468. The maximum absolute atomic E-state index is 11.9. The Bertz CT molecular complexity index is 470. The first kappa shape index (κ1) is 14.7. The normalized spacial score (nSPS) is 10.2. The summed E-state index contributed by atoms with van der Waals surface area (Å²) in [6, 6.07) is 0. The fraction of sp³-hybridized carbons (Fsp3) is 0.545. The fourth-order valence-electron chi connectivity index (χ4n) is 1.59. The molecule has 0 aromatic carbocycles. The van der Waals surface area contributed by atoms with Crippen molar-refractivity contribution in [3.8, 4) is 0 Å². The first-order valence-corrected chi connectivity index (χ1v) is 6.52. The van der Waals surface area contributed by atoms with E-state index in [1.807, 2.05) is 13.8 Å². The van der Waals surface area contributed by atoms with Crippen LogP contribution in [0.3, 0.4) is 0 Å². The summed E-state index contributed by atoms with van der Waals surface area (Å²) in [6.07, 6.45) is 1.32. The molecule has 0 bridgehead atoms. The molecule has 1 N–H and O–H groups in total. The Balaban J connectivity index is 2.82. The highest BCUT2D eigenvalue weighted by Gasteiger charge is 2.16. The third-order valence-corrected chi connectivity index (χ3v) is 3.34. The molecule has 1 rings (SSSR count). The summed E-state index contributed by atoms with van der Waals surface area (Å²) in [6.45, 7) is 5.41. The van der Waals surface area contributed by atoms with E-state index >= 15 is 0 Å². The number of H-pyrrole nitrogens is 1. The van der Waals surface area contributed by atoms with Crippen molar-refractivity contribution in [3.63, 3.8) is 0 Å². The van der Waals surface area contributed by atoms with Gasteiger partial charge in [0.15, 0.2) is 5.82 Å². The molecule has 6 nitrogen and oxygen atoms in total. The molecule has 1 heterocycles. The standard InChI is InChI=1S/C11H17BrN4O2/c1-4-16(5-2)8(17)6-15(3)10-9(12)11(18)14-7-13-10/h7H,4-6H2,1-3H3,(H,13,14,18). The highest BCUT2D eigenvalue weighted by atomic mass is 79.9. The molecule has 1 aromatic rings. The van der Waals surface area contributed by atoms with Gasteiger partial charge >= 0.3 is 0 Å². The van der Waals surface area contributed by atoms with E-state index < -0.39 is 0 Å². The number of rotatable bonds is 5. The van der Waals surface area contributed by atoms with Crippen molar-refractivity contribution in [1.29, 1.82) is 0 Å². The quantitative estimate of drug-likeness (QED) is 0.874. The van der Waals surface area contributed by atoms with Crippen LogP contribution >= 0.6 is 15.9 Å². The van der Waals surface area contributed by atoms with Crippen LogP contribution in [0.4, 0.5) is 5.82 Å². The van der Waals surface area contributed by atoms with Crippen molar-refractivity contribution in [3.05, 3.63) is 21.2 Å². The van der Waals surface area contributed by atoms with Crippen LogP contribution in [0.5, 0.6) is 0 Å². The van der Waals surface area contributed by atoms with Gasteiger partial charge in [0, 0.05) is 20.1 Å². The summed E-state index contributed by atoms with van der Waals surface area (Å²) >= 11 is 3.17.